The number of hydrogen-bond donors (Lipinski definition) is 1. The van der Waals surface area contributed by atoms with E-state index < -0.39 is 0 Å². The van der Waals surface area contributed by atoms with Gasteiger partial charge in [0.25, 0.3) is 0 Å². The number of piperidine rings is 1. The Morgan fingerprint density at radius 2 is 2.32 bits per heavy atom. The molecular formula is C14H18BrClN2S. The summed E-state index contributed by atoms with van der Waals surface area (Å²) in [5, 5.41) is 4.75. The van der Waals surface area contributed by atoms with Gasteiger partial charge in [-0.15, -0.1) is 0 Å². The van der Waals surface area contributed by atoms with Gasteiger partial charge >= 0.3 is 0 Å². The molecule has 1 atom stereocenters. The normalized spacial score (nSPS) is 19.3. The van der Waals surface area contributed by atoms with Crippen molar-refractivity contribution in [1.82, 2.24) is 4.90 Å². The Kier molecular flexibility index (Phi) is 5.48. The second-order valence-electron chi connectivity index (χ2n) is 4.81. The zero-order valence-corrected chi connectivity index (χ0v) is 14.1. The fourth-order valence-corrected chi connectivity index (χ4v) is 3.54. The molecule has 1 N–H and O–H groups in total. The lowest BCUT2D eigenvalue weighted by molar-refractivity contribution is 0.239. The van der Waals surface area contributed by atoms with Crippen LogP contribution in [0.5, 0.6) is 0 Å². The number of hydrogen-bond acceptors (Lipinski definition) is 1. The fourth-order valence-electron chi connectivity index (χ4n) is 2.47. The van der Waals surface area contributed by atoms with E-state index >= 15 is 0 Å². The van der Waals surface area contributed by atoms with Crippen LogP contribution in [0.1, 0.15) is 32.6 Å². The molecule has 1 saturated heterocycles. The van der Waals surface area contributed by atoms with Gasteiger partial charge in [-0.3, -0.25) is 0 Å². The summed E-state index contributed by atoms with van der Waals surface area (Å²) < 4.78 is 0.971. The van der Waals surface area contributed by atoms with Gasteiger partial charge in [-0.25, -0.2) is 0 Å². The summed E-state index contributed by atoms with van der Waals surface area (Å²) in [6.07, 6.45) is 4.88. The van der Waals surface area contributed by atoms with Crippen LogP contribution in [0.4, 0.5) is 5.69 Å². The summed E-state index contributed by atoms with van der Waals surface area (Å²) in [5.41, 5.74) is 0.871. The van der Waals surface area contributed by atoms with E-state index in [9.17, 15) is 0 Å². The molecule has 1 unspecified atom stereocenters. The van der Waals surface area contributed by atoms with Gasteiger partial charge in [0.05, 0.1) is 10.7 Å². The highest BCUT2D eigenvalue weighted by Gasteiger charge is 2.23. The van der Waals surface area contributed by atoms with E-state index in [2.05, 4.69) is 33.1 Å². The van der Waals surface area contributed by atoms with Gasteiger partial charge in [0.15, 0.2) is 5.11 Å². The van der Waals surface area contributed by atoms with E-state index in [1.54, 1.807) is 0 Å². The third-order valence-electron chi connectivity index (χ3n) is 3.53. The molecule has 1 aliphatic heterocycles. The summed E-state index contributed by atoms with van der Waals surface area (Å²) in [5.74, 6) is 0. The molecule has 104 valence electrons. The number of halogens is 2. The molecule has 0 aliphatic carbocycles. The van der Waals surface area contributed by atoms with Gasteiger partial charge < -0.3 is 10.2 Å². The van der Waals surface area contributed by atoms with Crippen molar-refractivity contribution in [3.8, 4) is 0 Å². The maximum atomic E-state index is 6.21. The quantitative estimate of drug-likeness (QED) is 0.741. The lowest BCUT2D eigenvalue weighted by atomic mass is 10.0. The van der Waals surface area contributed by atoms with Crippen LogP contribution in [0.25, 0.3) is 0 Å². The molecular weight excluding hydrogens is 344 g/mol. The molecule has 1 heterocycles. The smallest absolute Gasteiger partial charge is 0.173 e. The Bertz CT molecular complexity index is 467. The van der Waals surface area contributed by atoms with Crippen molar-refractivity contribution >= 4 is 50.5 Å². The molecule has 19 heavy (non-hydrogen) atoms. The molecule has 0 aromatic heterocycles. The molecule has 2 rings (SSSR count). The first-order chi connectivity index (χ1) is 9.11. The molecule has 1 aromatic rings. The first kappa shape index (κ1) is 15.1. The Morgan fingerprint density at radius 1 is 1.53 bits per heavy atom. The van der Waals surface area contributed by atoms with Crippen molar-refractivity contribution in [1.29, 1.82) is 0 Å². The molecule has 1 fully saturated rings. The molecule has 0 saturated carbocycles. The minimum atomic E-state index is 0.558. The number of benzene rings is 1. The number of thiocarbonyl (C=S) groups is 1. The lowest BCUT2D eigenvalue weighted by Gasteiger charge is -2.37. The zero-order valence-electron chi connectivity index (χ0n) is 11.0. The minimum Gasteiger partial charge on any atom is -0.346 e. The molecule has 2 nitrogen and oxygen atoms in total. The molecule has 0 spiro atoms. The van der Waals surface area contributed by atoms with Crippen LogP contribution in [-0.2, 0) is 0 Å². The maximum absolute atomic E-state index is 6.21. The van der Waals surface area contributed by atoms with Crippen LogP contribution in [0.2, 0.25) is 5.02 Å². The van der Waals surface area contributed by atoms with Crippen LogP contribution in [-0.4, -0.2) is 22.6 Å². The van der Waals surface area contributed by atoms with Gasteiger partial charge in [-0.05, 0) is 56.1 Å². The largest absolute Gasteiger partial charge is 0.346 e. The average Bonchev–Trinajstić information content (AvgIpc) is 2.41. The van der Waals surface area contributed by atoms with Crippen LogP contribution in [0, 0.1) is 0 Å². The highest BCUT2D eigenvalue weighted by molar-refractivity contribution is 9.10. The topological polar surface area (TPSA) is 15.3 Å². The van der Waals surface area contributed by atoms with Crippen molar-refractivity contribution in [3.63, 3.8) is 0 Å². The van der Waals surface area contributed by atoms with Gasteiger partial charge in [-0.1, -0.05) is 34.5 Å². The van der Waals surface area contributed by atoms with E-state index in [4.69, 9.17) is 23.8 Å². The Hall–Kier alpha value is -0.320. The van der Waals surface area contributed by atoms with E-state index in [1.807, 2.05) is 18.2 Å². The molecule has 0 radical (unpaired) electrons. The van der Waals surface area contributed by atoms with Crippen LogP contribution in [0.15, 0.2) is 22.7 Å². The number of anilines is 1. The predicted molar refractivity (Wildman–Crippen MR) is 90.0 cm³/mol. The van der Waals surface area contributed by atoms with E-state index in [-0.39, 0.29) is 0 Å². The number of nitrogens with one attached hydrogen (secondary N) is 1. The van der Waals surface area contributed by atoms with E-state index in [0.29, 0.717) is 11.1 Å². The third-order valence-corrected chi connectivity index (χ3v) is 4.67. The number of likely N-dealkylation sites (tertiary alicyclic amines) is 1. The highest BCUT2D eigenvalue weighted by atomic mass is 79.9. The molecule has 0 bridgehead atoms. The molecule has 1 aliphatic rings. The van der Waals surface area contributed by atoms with Crippen LogP contribution in [0.3, 0.4) is 0 Å². The fraction of sp³-hybridized carbons (Fsp3) is 0.500. The number of nitrogens with zero attached hydrogens (tertiary/aromatic N) is 1. The maximum Gasteiger partial charge on any atom is 0.173 e. The van der Waals surface area contributed by atoms with Gasteiger partial charge in [0.1, 0.15) is 0 Å². The van der Waals surface area contributed by atoms with Gasteiger partial charge in [-0.2, -0.15) is 0 Å². The number of rotatable bonds is 2. The van der Waals surface area contributed by atoms with E-state index in [1.165, 1.54) is 19.3 Å². The van der Waals surface area contributed by atoms with Crippen molar-refractivity contribution in [2.24, 2.45) is 0 Å². The summed E-state index contributed by atoms with van der Waals surface area (Å²) in [6, 6.07) is 6.34. The lowest BCUT2D eigenvalue weighted by Crippen LogP contribution is -2.45. The second kappa shape index (κ2) is 6.91. The Labute approximate surface area is 133 Å². The van der Waals surface area contributed by atoms with Gasteiger partial charge in [0, 0.05) is 17.1 Å². The van der Waals surface area contributed by atoms with Crippen molar-refractivity contribution in [2.45, 2.75) is 38.6 Å². The molecule has 1 aromatic carbocycles. The summed E-state index contributed by atoms with van der Waals surface area (Å²) in [7, 11) is 0. The highest BCUT2D eigenvalue weighted by Crippen LogP contribution is 2.27. The van der Waals surface area contributed by atoms with E-state index in [0.717, 1.165) is 28.2 Å². The Morgan fingerprint density at radius 3 is 3.00 bits per heavy atom. The standard InChI is InChI=1S/C14H18BrClN2S/c1-2-11-5-3-4-8-18(11)14(19)17-13-7-6-10(15)9-12(13)16/h6-7,9,11H,2-5,8H2,1H3,(H,17,19). The zero-order chi connectivity index (χ0) is 13.8. The van der Waals surface area contributed by atoms with Crippen LogP contribution >= 0.6 is 39.7 Å². The first-order valence-electron chi connectivity index (χ1n) is 6.64. The van der Waals surface area contributed by atoms with Crippen LogP contribution < -0.4 is 5.32 Å². The molecule has 5 heteroatoms. The third kappa shape index (κ3) is 3.83. The minimum absolute atomic E-state index is 0.558. The van der Waals surface area contributed by atoms with Crippen molar-refractivity contribution in [3.05, 3.63) is 27.7 Å². The summed E-state index contributed by atoms with van der Waals surface area (Å²) in [6.45, 7) is 3.26. The summed E-state index contributed by atoms with van der Waals surface area (Å²) in [4.78, 5) is 2.30. The van der Waals surface area contributed by atoms with Gasteiger partial charge in [0.2, 0.25) is 0 Å². The molecule has 0 amide bonds. The predicted octanol–water partition coefficient (Wildman–Crippen LogP) is 5.06. The summed E-state index contributed by atoms with van der Waals surface area (Å²) >= 11 is 15.2. The van der Waals surface area contributed by atoms with Crippen molar-refractivity contribution in [2.75, 3.05) is 11.9 Å². The first-order valence-corrected chi connectivity index (χ1v) is 8.22. The SMILES string of the molecule is CCC1CCCCN1C(=S)Nc1ccc(Br)cc1Cl. The Balaban J connectivity index is 2.07. The van der Waals surface area contributed by atoms with Crippen molar-refractivity contribution < 1.29 is 0 Å². The average molecular weight is 362 g/mol. The second-order valence-corrected chi connectivity index (χ2v) is 6.52. The monoisotopic (exact) mass is 360 g/mol.